The molecular formula is C27H32FN3O3. The predicted octanol–water partition coefficient (Wildman–Crippen LogP) is 4.49. The minimum absolute atomic E-state index is 0.0175. The fourth-order valence-corrected chi connectivity index (χ4v) is 4.91. The molecule has 4 rings (SSSR count). The molecule has 1 unspecified atom stereocenters. The number of halogens is 1. The number of nitrogens with zero attached hydrogens (tertiary/aromatic N) is 2. The van der Waals surface area contributed by atoms with E-state index in [1.807, 2.05) is 0 Å². The molecule has 0 bridgehead atoms. The Bertz CT molecular complexity index is 1260. The van der Waals surface area contributed by atoms with Gasteiger partial charge in [0, 0.05) is 18.0 Å². The monoisotopic (exact) mass is 465 g/mol. The summed E-state index contributed by atoms with van der Waals surface area (Å²) in [6.45, 7) is 4.47. The van der Waals surface area contributed by atoms with Gasteiger partial charge in [0.15, 0.2) is 5.78 Å². The van der Waals surface area contributed by atoms with E-state index in [1.54, 1.807) is 30.3 Å². The van der Waals surface area contributed by atoms with Crippen LogP contribution in [-0.4, -0.2) is 39.4 Å². The summed E-state index contributed by atoms with van der Waals surface area (Å²) in [7, 11) is 0. The summed E-state index contributed by atoms with van der Waals surface area (Å²) < 4.78 is 14.2. The minimum Gasteiger partial charge on any atom is -0.307 e. The van der Waals surface area contributed by atoms with Gasteiger partial charge >= 0.3 is 5.69 Å². The van der Waals surface area contributed by atoms with Crippen LogP contribution in [0.4, 0.5) is 4.39 Å². The molecule has 180 valence electrons. The number of aromatic nitrogens is 2. The number of benzene rings is 2. The molecule has 7 heteroatoms. The van der Waals surface area contributed by atoms with E-state index < -0.39 is 11.2 Å². The van der Waals surface area contributed by atoms with E-state index in [2.05, 4.69) is 16.8 Å². The van der Waals surface area contributed by atoms with Gasteiger partial charge in [-0.3, -0.25) is 14.2 Å². The number of hydrogen-bond acceptors (Lipinski definition) is 4. The van der Waals surface area contributed by atoms with E-state index in [9.17, 15) is 18.8 Å². The molecule has 1 saturated heterocycles. The van der Waals surface area contributed by atoms with Crippen molar-refractivity contribution >= 4 is 16.7 Å². The maximum Gasteiger partial charge on any atom is 0.329 e. The van der Waals surface area contributed by atoms with Crippen LogP contribution in [-0.2, 0) is 6.54 Å². The molecule has 3 aromatic rings. The highest BCUT2D eigenvalue weighted by Gasteiger charge is 2.20. The van der Waals surface area contributed by atoms with E-state index in [4.69, 9.17) is 0 Å². The Morgan fingerprint density at radius 3 is 2.65 bits per heavy atom. The maximum atomic E-state index is 13.1. The number of rotatable bonds is 9. The smallest absolute Gasteiger partial charge is 0.307 e. The van der Waals surface area contributed by atoms with Crippen LogP contribution in [0.5, 0.6) is 0 Å². The summed E-state index contributed by atoms with van der Waals surface area (Å²) >= 11 is 0. The molecule has 0 saturated carbocycles. The summed E-state index contributed by atoms with van der Waals surface area (Å²) in [5, 5.41) is 0.342. The van der Waals surface area contributed by atoms with Crippen LogP contribution >= 0.6 is 0 Å². The van der Waals surface area contributed by atoms with Crippen molar-refractivity contribution in [2.75, 3.05) is 13.1 Å². The van der Waals surface area contributed by atoms with E-state index >= 15 is 0 Å². The fraction of sp³-hybridized carbons (Fsp3) is 0.444. The molecule has 0 spiro atoms. The molecule has 0 radical (unpaired) electrons. The number of carbonyl (C=O) groups excluding carboxylic acids is 1. The Morgan fingerprint density at radius 2 is 1.88 bits per heavy atom. The standard InChI is InChI=1S/C27H32FN3O3/c1-2-22-7-3-5-15-30(22)16-6-4-8-25(32)20-11-14-23-24(17-20)29-27(34)31(26(23)33)18-19-9-12-21(28)13-10-19/h9-14,17,22H,2-8,15-16,18H2,1H3,(H,29,34). The zero-order valence-electron chi connectivity index (χ0n) is 19.7. The lowest BCUT2D eigenvalue weighted by Gasteiger charge is -2.35. The molecule has 0 aliphatic carbocycles. The second-order valence-electron chi connectivity index (χ2n) is 9.18. The number of fused-ring (bicyclic) bond motifs is 1. The average Bonchev–Trinajstić information content (AvgIpc) is 2.85. The second kappa shape index (κ2) is 10.9. The quantitative estimate of drug-likeness (QED) is 0.373. The molecule has 6 nitrogen and oxygen atoms in total. The molecule has 34 heavy (non-hydrogen) atoms. The van der Waals surface area contributed by atoms with Crippen molar-refractivity contribution in [2.24, 2.45) is 0 Å². The van der Waals surface area contributed by atoms with E-state index in [0.717, 1.165) is 30.5 Å². The van der Waals surface area contributed by atoms with Crippen molar-refractivity contribution in [2.45, 2.75) is 64.5 Å². The molecule has 0 amide bonds. The number of hydrogen-bond donors (Lipinski definition) is 1. The van der Waals surface area contributed by atoms with Crippen molar-refractivity contribution in [3.05, 3.63) is 80.2 Å². The highest BCUT2D eigenvalue weighted by molar-refractivity contribution is 5.99. The Morgan fingerprint density at radius 1 is 1.09 bits per heavy atom. The molecule has 1 aliphatic rings. The van der Waals surface area contributed by atoms with E-state index in [-0.39, 0.29) is 18.1 Å². The Hall–Kier alpha value is -3.06. The first-order valence-electron chi connectivity index (χ1n) is 12.2. The number of Topliss-reactive ketones (excluding diaryl/α,β-unsaturated/α-hetero) is 1. The third-order valence-corrected chi connectivity index (χ3v) is 6.88. The number of ketones is 1. The SMILES string of the molecule is CCC1CCCCN1CCCCC(=O)c1ccc2c(=O)n(Cc3ccc(F)cc3)c(=O)[nH]c2c1. The third kappa shape index (κ3) is 5.53. The average molecular weight is 466 g/mol. The first-order chi connectivity index (χ1) is 16.5. The van der Waals surface area contributed by atoms with Gasteiger partial charge in [-0.1, -0.05) is 31.5 Å². The first kappa shape index (κ1) is 24.1. The van der Waals surface area contributed by atoms with Crippen LogP contribution in [0.2, 0.25) is 0 Å². The fourth-order valence-electron chi connectivity index (χ4n) is 4.91. The predicted molar refractivity (Wildman–Crippen MR) is 132 cm³/mol. The molecule has 1 N–H and O–H groups in total. The van der Waals surface area contributed by atoms with Gasteiger partial charge in [-0.15, -0.1) is 0 Å². The molecule has 2 aromatic carbocycles. The number of unbranched alkanes of at least 4 members (excludes halogenated alkanes) is 1. The lowest BCUT2D eigenvalue weighted by Crippen LogP contribution is -2.39. The Kier molecular flexibility index (Phi) is 7.73. The van der Waals surface area contributed by atoms with E-state index in [0.29, 0.717) is 34.5 Å². The first-order valence-corrected chi connectivity index (χ1v) is 12.2. The van der Waals surface area contributed by atoms with E-state index in [1.165, 1.54) is 37.8 Å². The third-order valence-electron chi connectivity index (χ3n) is 6.88. The molecule has 1 aromatic heterocycles. The summed E-state index contributed by atoms with van der Waals surface area (Å²) in [5.41, 5.74) is 0.515. The van der Waals surface area contributed by atoms with Gasteiger partial charge in [-0.2, -0.15) is 0 Å². The Labute approximate surface area is 198 Å². The van der Waals surface area contributed by atoms with Gasteiger partial charge in [-0.05, 0) is 75.0 Å². The van der Waals surface area contributed by atoms with Gasteiger partial charge in [-0.25, -0.2) is 9.18 Å². The summed E-state index contributed by atoms with van der Waals surface area (Å²) in [6, 6.07) is 11.2. The zero-order valence-corrected chi connectivity index (χ0v) is 19.7. The van der Waals surface area contributed by atoms with Crippen molar-refractivity contribution < 1.29 is 9.18 Å². The number of carbonyl (C=O) groups is 1. The van der Waals surface area contributed by atoms with Crippen molar-refractivity contribution in [1.82, 2.24) is 14.5 Å². The number of nitrogens with one attached hydrogen (secondary N) is 1. The molecule has 1 atom stereocenters. The van der Waals surface area contributed by atoms with Crippen LogP contribution in [0.25, 0.3) is 10.9 Å². The van der Waals surface area contributed by atoms with Gasteiger partial charge < -0.3 is 9.88 Å². The number of likely N-dealkylation sites (tertiary alicyclic amines) is 1. The minimum atomic E-state index is -0.557. The van der Waals surface area contributed by atoms with Crippen LogP contribution in [0.1, 0.15) is 67.8 Å². The molecular weight excluding hydrogens is 433 g/mol. The Balaban J connectivity index is 1.41. The van der Waals surface area contributed by atoms with Crippen LogP contribution in [0.3, 0.4) is 0 Å². The topological polar surface area (TPSA) is 75.2 Å². The largest absolute Gasteiger partial charge is 0.329 e. The number of aromatic amines is 1. The number of H-pyrrole nitrogens is 1. The number of piperidine rings is 1. The zero-order chi connectivity index (χ0) is 24.1. The highest BCUT2D eigenvalue weighted by atomic mass is 19.1. The lowest BCUT2D eigenvalue weighted by atomic mass is 9.99. The van der Waals surface area contributed by atoms with Gasteiger partial charge in [0.1, 0.15) is 5.82 Å². The normalized spacial score (nSPS) is 16.7. The summed E-state index contributed by atoms with van der Waals surface area (Å²) in [6.07, 6.45) is 7.28. The highest BCUT2D eigenvalue weighted by Crippen LogP contribution is 2.20. The second-order valence-corrected chi connectivity index (χ2v) is 9.18. The van der Waals surface area contributed by atoms with Crippen LogP contribution in [0, 0.1) is 5.82 Å². The lowest BCUT2D eigenvalue weighted by molar-refractivity contribution is 0.0973. The van der Waals surface area contributed by atoms with Gasteiger partial charge in [0.2, 0.25) is 0 Å². The van der Waals surface area contributed by atoms with Gasteiger partial charge in [0.05, 0.1) is 17.4 Å². The van der Waals surface area contributed by atoms with Crippen molar-refractivity contribution in [1.29, 1.82) is 0 Å². The summed E-state index contributed by atoms with van der Waals surface area (Å²) in [5.74, 6) is -0.360. The van der Waals surface area contributed by atoms with Gasteiger partial charge in [0.25, 0.3) is 5.56 Å². The van der Waals surface area contributed by atoms with Crippen LogP contribution in [0.15, 0.2) is 52.1 Å². The molecule has 1 fully saturated rings. The molecule has 2 heterocycles. The summed E-state index contributed by atoms with van der Waals surface area (Å²) in [4.78, 5) is 43.5. The maximum absolute atomic E-state index is 13.1. The van der Waals surface area contributed by atoms with Crippen molar-refractivity contribution in [3.63, 3.8) is 0 Å². The molecule has 1 aliphatic heterocycles. The van der Waals surface area contributed by atoms with Crippen LogP contribution < -0.4 is 11.2 Å². The van der Waals surface area contributed by atoms with Crippen molar-refractivity contribution in [3.8, 4) is 0 Å².